The Balaban J connectivity index is 4.53. The second kappa shape index (κ2) is 10.3. The van der Waals surface area contributed by atoms with Crippen molar-refractivity contribution in [3.05, 3.63) is 24.3 Å². The van der Waals surface area contributed by atoms with Crippen LogP contribution in [0.3, 0.4) is 0 Å². The molecule has 0 spiro atoms. The van der Waals surface area contributed by atoms with Gasteiger partial charge in [0.05, 0.1) is 5.75 Å². The molecule has 0 rings (SSSR count). The number of carbonyl (C=O) groups is 2. The van der Waals surface area contributed by atoms with E-state index >= 15 is 0 Å². The first-order valence-electron chi connectivity index (χ1n) is 6.75. The highest BCUT2D eigenvalue weighted by molar-refractivity contribution is 8.14. The minimum Gasteiger partial charge on any atom is -0.282 e. The van der Waals surface area contributed by atoms with Gasteiger partial charge in [-0.05, 0) is 31.9 Å². The first-order valence-corrected chi connectivity index (χ1v) is 10.3. The summed E-state index contributed by atoms with van der Waals surface area (Å²) in [5.74, 6) is 0.721. The highest BCUT2D eigenvalue weighted by Gasteiger charge is 2.20. The van der Waals surface area contributed by atoms with Crippen LogP contribution in [-0.4, -0.2) is 53.3 Å². The summed E-state index contributed by atoms with van der Waals surface area (Å²) in [5, 5.41) is -0.277. The largest absolute Gasteiger partial charge is 0.282 e. The van der Waals surface area contributed by atoms with E-state index < -0.39 is 10.0 Å². The van der Waals surface area contributed by atoms with Gasteiger partial charge in [-0.15, -0.1) is 0 Å². The Kier molecular flexibility index (Phi) is 9.99. The smallest absolute Gasteiger partial charge is 0.214 e. The maximum Gasteiger partial charge on any atom is 0.214 e. The van der Waals surface area contributed by atoms with E-state index in [2.05, 4.69) is 13.2 Å². The molecule has 0 aliphatic carbocycles. The Morgan fingerprint density at radius 2 is 1.32 bits per heavy atom. The van der Waals surface area contributed by atoms with Gasteiger partial charge in [0, 0.05) is 24.6 Å². The Bertz CT molecular complexity index is 508. The van der Waals surface area contributed by atoms with Gasteiger partial charge in [-0.3, -0.25) is 9.59 Å². The number of rotatable bonds is 10. The fraction of sp³-hybridized carbons (Fsp3) is 0.571. The molecule has 0 atom stereocenters. The second-order valence-corrected chi connectivity index (χ2v) is 9.03. The van der Waals surface area contributed by atoms with E-state index in [1.165, 1.54) is 4.31 Å². The third-order valence-electron chi connectivity index (χ3n) is 2.60. The van der Waals surface area contributed by atoms with Gasteiger partial charge in [-0.1, -0.05) is 36.7 Å². The molecule has 0 bridgehead atoms. The summed E-state index contributed by atoms with van der Waals surface area (Å²) in [4.78, 5) is 22.9. The molecule has 0 N–H and O–H groups in total. The van der Waals surface area contributed by atoms with Crippen molar-refractivity contribution in [1.29, 1.82) is 0 Å². The van der Waals surface area contributed by atoms with Crippen LogP contribution in [0.4, 0.5) is 0 Å². The number of hydrogen-bond acceptors (Lipinski definition) is 6. The van der Waals surface area contributed by atoms with Crippen LogP contribution >= 0.6 is 23.5 Å². The Hall–Kier alpha value is -0.570. The summed E-state index contributed by atoms with van der Waals surface area (Å²) < 4.78 is 25.4. The molecule has 0 radical (unpaired) electrons. The maximum atomic E-state index is 12.0. The molecule has 0 aliphatic rings. The molecule has 126 valence electrons. The quantitative estimate of drug-likeness (QED) is 0.553. The Morgan fingerprint density at radius 1 is 0.955 bits per heavy atom. The van der Waals surface area contributed by atoms with Gasteiger partial charge in [0.15, 0.2) is 0 Å². The number of nitrogens with zero attached hydrogens (tertiary/aromatic N) is 1. The zero-order valence-electron chi connectivity index (χ0n) is 13.3. The molecular weight excluding hydrogens is 342 g/mol. The molecule has 0 aromatic rings. The molecule has 0 aromatic heterocycles. The molecule has 0 unspecified atom stereocenters. The van der Waals surface area contributed by atoms with E-state index in [0.29, 0.717) is 22.7 Å². The number of hydrogen-bond donors (Lipinski definition) is 0. The van der Waals surface area contributed by atoms with Crippen LogP contribution in [0.15, 0.2) is 24.3 Å². The number of carbonyl (C=O) groups excluding carboxylic acids is 2. The zero-order chi connectivity index (χ0) is 17.3. The van der Waals surface area contributed by atoms with Gasteiger partial charge < -0.3 is 0 Å². The summed E-state index contributed by atoms with van der Waals surface area (Å²) in [6.45, 7) is 12.4. The van der Waals surface area contributed by atoms with Crippen LogP contribution in [0.1, 0.15) is 20.8 Å². The molecule has 0 aromatic carbocycles. The molecule has 0 saturated heterocycles. The molecule has 22 heavy (non-hydrogen) atoms. The van der Waals surface area contributed by atoms with Crippen LogP contribution in [0, 0.1) is 0 Å². The fourth-order valence-electron chi connectivity index (χ4n) is 1.30. The van der Waals surface area contributed by atoms with Gasteiger partial charge in [0.2, 0.25) is 20.3 Å². The molecule has 5 nitrogen and oxygen atoms in total. The average molecular weight is 366 g/mol. The van der Waals surface area contributed by atoms with Crippen molar-refractivity contribution in [3.63, 3.8) is 0 Å². The predicted molar refractivity (Wildman–Crippen MR) is 95.6 cm³/mol. The van der Waals surface area contributed by atoms with Crippen LogP contribution in [0.5, 0.6) is 0 Å². The van der Waals surface area contributed by atoms with Crippen LogP contribution < -0.4 is 0 Å². The molecule has 0 amide bonds. The molecule has 0 aliphatic heterocycles. The monoisotopic (exact) mass is 365 g/mol. The summed E-state index contributed by atoms with van der Waals surface area (Å²) in [6, 6.07) is 0. The third-order valence-corrected chi connectivity index (χ3v) is 6.48. The molecule has 0 fully saturated rings. The normalized spacial score (nSPS) is 11.5. The third kappa shape index (κ3) is 8.17. The van der Waals surface area contributed by atoms with E-state index in [9.17, 15) is 18.0 Å². The van der Waals surface area contributed by atoms with Crippen molar-refractivity contribution in [2.75, 3.05) is 30.3 Å². The molecule has 0 saturated carbocycles. The molecular formula is C14H23NO4S3. The van der Waals surface area contributed by atoms with Gasteiger partial charge in [0.1, 0.15) is 0 Å². The van der Waals surface area contributed by atoms with Gasteiger partial charge in [0.25, 0.3) is 0 Å². The first-order chi connectivity index (χ1) is 10.1. The standard InChI is InChI=1S/C14H23NO4S3/c1-6-22(18,19)15(7-9-20-13(16)11(2)3)8-10-21-14(17)12(4)5/h2,4,6-10H2,1,3,5H3. The van der Waals surface area contributed by atoms with E-state index in [1.54, 1.807) is 20.8 Å². The lowest BCUT2D eigenvalue weighted by molar-refractivity contribution is -0.108. The summed E-state index contributed by atoms with van der Waals surface area (Å²) >= 11 is 2.10. The van der Waals surface area contributed by atoms with Crippen molar-refractivity contribution in [1.82, 2.24) is 4.31 Å². The van der Waals surface area contributed by atoms with Gasteiger partial charge in [-0.2, -0.15) is 0 Å². The predicted octanol–water partition coefficient (Wildman–Crippen LogP) is 2.31. The van der Waals surface area contributed by atoms with Crippen molar-refractivity contribution >= 4 is 43.8 Å². The number of sulfonamides is 1. The topological polar surface area (TPSA) is 71.5 Å². The van der Waals surface area contributed by atoms with Crippen LogP contribution in [0.2, 0.25) is 0 Å². The Morgan fingerprint density at radius 3 is 1.59 bits per heavy atom. The fourth-order valence-corrected chi connectivity index (χ4v) is 4.12. The van der Waals surface area contributed by atoms with E-state index in [4.69, 9.17) is 0 Å². The zero-order valence-corrected chi connectivity index (χ0v) is 15.7. The van der Waals surface area contributed by atoms with Gasteiger partial charge >= 0.3 is 0 Å². The maximum absolute atomic E-state index is 12.0. The Labute approximate surface area is 141 Å². The van der Waals surface area contributed by atoms with E-state index in [-0.39, 0.29) is 29.1 Å². The summed E-state index contributed by atoms with van der Waals surface area (Å²) in [6.07, 6.45) is 0. The first kappa shape index (κ1) is 21.4. The highest BCUT2D eigenvalue weighted by atomic mass is 32.2. The SMILES string of the molecule is C=C(C)C(=O)SCCN(CCSC(=O)C(=C)C)S(=O)(=O)CC. The second-order valence-electron chi connectivity index (χ2n) is 4.63. The van der Waals surface area contributed by atoms with Gasteiger partial charge in [-0.25, -0.2) is 12.7 Å². The summed E-state index contributed by atoms with van der Waals surface area (Å²) in [7, 11) is -3.36. The average Bonchev–Trinajstić information content (AvgIpc) is 2.44. The van der Waals surface area contributed by atoms with Crippen molar-refractivity contribution in [2.24, 2.45) is 0 Å². The van der Waals surface area contributed by atoms with E-state index in [0.717, 1.165) is 23.5 Å². The minimum atomic E-state index is -3.36. The van der Waals surface area contributed by atoms with Crippen LogP contribution in [0.25, 0.3) is 0 Å². The van der Waals surface area contributed by atoms with Crippen molar-refractivity contribution in [3.8, 4) is 0 Å². The highest BCUT2D eigenvalue weighted by Crippen LogP contribution is 2.13. The minimum absolute atomic E-state index is 0.00873. The lowest BCUT2D eigenvalue weighted by atomic mass is 10.4. The summed E-state index contributed by atoms with van der Waals surface area (Å²) in [5.41, 5.74) is 0.884. The lowest BCUT2D eigenvalue weighted by Gasteiger charge is -2.20. The molecule has 8 heteroatoms. The number of thioether (sulfide) groups is 2. The van der Waals surface area contributed by atoms with Crippen molar-refractivity contribution in [2.45, 2.75) is 20.8 Å². The lowest BCUT2D eigenvalue weighted by Crippen LogP contribution is -2.36. The van der Waals surface area contributed by atoms with Crippen LogP contribution in [-0.2, 0) is 19.6 Å². The molecule has 0 heterocycles. The van der Waals surface area contributed by atoms with E-state index in [1.807, 2.05) is 0 Å². The van der Waals surface area contributed by atoms with Crippen molar-refractivity contribution < 1.29 is 18.0 Å².